The molecule has 1 fully saturated rings. The highest BCUT2D eigenvalue weighted by Crippen LogP contribution is 2.15. The van der Waals surface area contributed by atoms with Gasteiger partial charge in [0.15, 0.2) is 0 Å². The first kappa shape index (κ1) is 17.8. The van der Waals surface area contributed by atoms with E-state index in [9.17, 15) is 12.8 Å². The molecule has 0 aromatic heterocycles. The zero-order valence-electron chi connectivity index (χ0n) is 13.9. The second-order valence-corrected chi connectivity index (χ2v) is 8.06. The minimum Gasteiger partial charge on any atom is -0.329 e. The second-order valence-electron chi connectivity index (χ2n) is 6.13. The fourth-order valence-corrected chi connectivity index (χ4v) is 4.37. The molecule has 4 nitrogen and oxygen atoms in total. The van der Waals surface area contributed by atoms with Gasteiger partial charge in [0, 0.05) is 0 Å². The highest BCUT2D eigenvalue weighted by molar-refractivity contribution is 7.89. The maximum atomic E-state index is 13.0. The van der Waals surface area contributed by atoms with Crippen molar-refractivity contribution in [3.05, 3.63) is 72.1 Å². The molecule has 25 heavy (non-hydrogen) atoms. The summed E-state index contributed by atoms with van der Waals surface area (Å²) in [6.45, 7) is 3.36. The number of hydrogen-bond donors (Lipinski definition) is 1. The zero-order valence-corrected chi connectivity index (χ0v) is 14.8. The Hall–Kier alpha value is -2.02. The van der Waals surface area contributed by atoms with Crippen LogP contribution in [0.3, 0.4) is 0 Å². The van der Waals surface area contributed by atoms with Crippen LogP contribution in [0.2, 0.25) is 0 Å². The van der Waals surface area contributed by atoms with E-state index in [1.807, 2.05) is 18.2 Å². The van der Waals surface area contributed by atoms with Gasteiger partial charge in [-0.3, -0.25) is 0 Å². The van der Waals surface area contributed by atoms with Crippen LogP contribution in [-0.2, 0) is 10.0 Å². The predicted octanol–water partition coefficient (Wildman–Crippen LogP) is 1.43. The molecule has 0 atom stereocenters. The molecule has 0 aliphatic carbocycles. The number of hydrogen-bond acceptors (Lipinski definition) is 2. The lowest BCUT2D eigenvalue weighted by Gasteiger charge is -2.31. The third-order valence-electron chi connectivity index (χ3n) is 4.40. The quantitative estimate of drug-likeness (QED) is 0.875. The van der Waals surface area contributed by atoms with Gasteiger partial charge in [0.05, 0.1) is 37.6 Å². The molecule has 0 bridgehead atoms. The summed E-state index contributed by atoms with van der Waals surface area (Å²) in [6, 6.07) is 15.1. The van der Waals surface area contributed by atoms with Crippen LogP contribution in [0.4, 0.5) is 4.39 Å². The molecule has 1 saturated heterocycles. The minimum absolute atomic E-state index is 0.154. The monoisotopic (exact) mass is 361 g/mol. The normalized spacial score (nSPS) is 17.2. The number of halogens is 1. The molecule has 1 aliphatic heterocycles. The van der Waals surface area contributed by atoms with Crippen LogP contribution in [0.5, 0.6) is 0 Å². The van der Waals surface area contributed by atoms with E-state index >= 15 is 0 Å². The number of quaternary nitrogens is 1. The third-order valence-corrected chi connectivity index (χ3v) is 6.31. The lowest BCUT2D eigenvalue weighted by Crippen LogP contribution is -3.14. The number of sulfonamides is 1. The molecule has 3 rings (SSSR count). The SMILES string of the molecule is O=S(=O)(c1ccc(F)cc1)N1CC[NH+](C/C=C/c2ccccc2)CC1. The van der Waals surface area contributed by atoms with Crippen molar-refractivity contribution in [1.82, 2.24) is 4.31 Å². The van der Waals surface area contributed by atoms with Crippen molar-refractivity contribution in [2.24, 2.45) is 0 Å². The lowest BCUT2D eigenvalue weighted by molar-refractivity contribution is -0.897. The predicted molar refractivity (Wildman–Crippen MR) is 96.2 cm³/mol. The van der Waals surface area contributed by atoms with Crippen molar-refractivity contribution in [2.75, 3.05) is 32.7 Å². The maximum Gasteiger partial charge on any atom is 0.243 e. The van der Waals surface area contributed by atoms with E-state index in [-0.39, 0.29) is 4.90 Å². The van der Waals surface area contributed by atoms with Gasteiger partial charge in [-0.25, -0.2) is 12.8 Å². The van der Waals surface area contributed by atoms with Gasteiger partial charge in [-0.1, -0.05) is 36.4 Å². The number of nitrogens with one attached hydrogen (secondary N) is 1. The summed E-state index contributed by atoms with van der Waals surface area (Å²) in [5, 5.41) is 0. The van der Waals surface area contributed by atoms with E-state index in [1.54, 1.807) is 0 Å². The summed E-state index contributed by atoms with van der Waals surface area (Å²) < 4.78 is 39.7. The number of nitrogens with zero attached hydrogens (tertiary/aromatic N) is 1. The van der Waals surface area contributed by atoms with Crippen molar-refractivity contribution >= 4 is 16.1 Å². The molecule has 2 aromatic rings. The van der Waals surface area contributed by atoms with Gasteiger partial charge in [-0.2, -0.15) is 4.31 Å². The smallest absolute Gasteiger partial charge is 0.243 e. The Labute approximate surface area is 148 Å². The minimum atomic E-state index is -3.53. The van der Waals surface area contributed by atoms with Crippen molar-refractivity contribution in [2.45, 2.75) is 4.90 Å². The van der Waals surface area contributed by atoms with Gasteiger partial charge >= 0.3 is 0 Å². The van der Waals surface area contributed by atoms with Crippen LogP contribution < -0.4 is 4.90 Å². The molecular formula is C19H22FN2O2S+. The van der Waals surface area contributed by atoms with Crippen LogP contribution in [0.15, 0.2) is 65.6 Å². The summed E-state index contributed by atoms with van der Waals surface area (Å²) in [5.41, 5.74) is 1.17. The summed E-state index contributed by atoms with van der Waals surface area (Å²) >= 11 is 0. The average Bonchev–Trinajstić information content (AvgIpc) is 2.63. The summed E-state index contributed by atoms with van der Waals surface area (Å²) in [4.78, 5) is 1.51. The standard InChI is InChI=1S/C19H21FN2O2S/c20-18-8-10-19(11-9-18)25(23,24)22-15-13-21(14-16-22)12-4-7-17-5-2-1-3-6-17/h1-11H,12-16H2/p+1/b7-4+. The van der Waals surface area contributed by atoms with Crippen LogP contribution in [-0.4, -0.2) is 45.4 Å². The second kappa shape index (κ2) is 7.91. The van der Waals surface area contributed by atoms with E-state index in [0.717, 1.165) is 19.6 Å². The fraction of sp³-hybridized carbons (Fsp3) is 0.263. The Bertz CT molecular complexity index is 812. The highest BCUT2D eigenvalue weighted by Gasteiger charge is 2.29. The Morgan fingerprint density at radius 2 is 1.64 bits per heavy atom. The van der Waals surface area contributed by atoms with Crippen LogP contribution in [0.1, 0.15) is 5.56 Å². The molecule has 0 saturated carbocycles. The fourth-order valence-electron chi connectivity index (χ4n) is 2.93. The molecule has 0 unspecified atom stereocenters. The summed E-state index contributed by atoms with van der Waals surface area (Å²) in [7, 11) is -3.53. The molecule has 1 aliphatic rings. The summed E-state index contributed by atoms with van der Waals surface area (Å²) in [5.74, 6) is -0.432. The molecule has 132 valence electrons. The maximum absolute atomic E-state index is 13.0. The number of piperazine rings is 1. The van der Waals surface area contributed by atoms with Gasteiger partial charge in [-0.05, 0) is 35.9 Å². The topological polar surface area (TPSA) is 41.8 Å². The molecule has 1 heterocycles. The summed E-state index contributed by atoms with van der Waals surface area (Å²) in [6.07, 6.45) is 4.23. The van der Waals surface area contributed by atoms with Gasteiger partial charge in [0.1, 0.15) is 5.82 Å². The number of benzene rings is 2. The Balaban J connectivity index is 1.54. The molecule has 0 spiro atoms. The van der Waals surface area contributed by atoms with Gasteiger partial charge in [-0.15, -0.1) is 0 Å². The van der Waals surface area contributed by atoms with Crippen molar-refractivity contribution < 1.29 is 17.7 Å². The molecule has 6 heteroatoms. The van der Waals surface area contributed by atoms with E-state index in [0.29, 0.717) is 13.1 Å². The zero-order chi connectivity index (χ0) is 17.7. The largest absolute Gasteiger partial charge is 0.329 e. The Morgan fingerprint density at radius 1 is 1.00 bits per heavy atom. The Kier molecular flexibility index (Phi) is 5.63. The highest BCUT2D eigenvalue weighted by atomic mass is 32.2. The lowest BCUT2D eigenvalue weighted by atomic mass is 10.2. The van der Waals surface area contributed by atoms with E-state index in [4.69, 9.17) is 0 Å². The van der Waals surface area contributed by atoms with Gasteiger partial charge < -0.3 is 4.90 Å². The molecule has 0 radical (unpaired) electrons. The third kappa shape index (κ3) is 4.54. The first-order valence-electron chi connectivity index (χ1n) is 8.36. The van der Waals surface area contributed by atoms with Crippen molar-refractivity contribution in [3.63, 3.8) is 0 Å². The van der Waals surface area contributed by atoms with Crippen molar-refractivity contribution in [1.29, 1.82) is 0 Å². The van der Waals surface area contributed by atoms with Crippen molar-refractivity contribution in [3.8, 4) is 0 Å². The first-order chi connectivity index (χ1) is 12.1. The molecule has 2 aromatic carbocycles. The molecule has 1 N–H and O–H groups in total. The van der Waals surface area contributed by atoms with Gasteiger partial charge in [0.2, 0.25) is 10.0 Å². The first-order valence-corrected chi connectivity index (χ1v) is 9.80. The molecule has 0 amide bonds. The average molecular weight is 361 g/mol. The van der Waals surface area contributed by atoms with Gasteiger partial charge in [0.25, 0.3) is 0 Å². The van der Waals surface area contributed by atoms with Crippen LogP contribution in [0.25, 0.3) is 6.08 Å². The van der Waals surface area contributed by atoms with E-state index in [2.05, 4.69) is 24.3 Å². The number of rotatable bonds is 5. The van der Waals surface area contributed by atoms with Crippen LogP contribution >= 0.6 is 0 Å². The molecular weight excluding hydrogens is 339 g/mol. The van der Waals surface area contributed by atoms with E-state index < -0.39 is 15.8 Å². The van der Waals surface area contributed by atoms with E-state index in [1.165, 1.54) is 39.0 Å². The Morgan fingerprint density at radius 3 is 2.28 bits per heavy atom. The van der Waals surface area contributed by atoms with Crippen LogP contribution in [0, 0.1) is 5.82 Å².